The first-order valence-corrected chi connectivity index (χ1v) is 6.73. The average Bonchev–Trinajstić information content (AvgIpc) is 2.38. The number of nitrogen functional groups attached to an aromatic ring is 1. The number of aliphatic hydroxyl groups is 1. The van der Waals surface area contributed by atoms with Crippen molar-refractivity contribution in [3.05, 3.63) is 29.3 Å². The third-order valence-corrected chi connectivity index (χ3v) is 3.73. The molecule has 0 spiro atoms. The van der Waals surface area contributed by atoms with Crippen LogP contribution in [0.3, 0.4) is 0 Å². The van der Waals surface area contributed by atoms with Crippen molar-refractivity contribution >= 4 is 5.69 Å². The van der Waals surface area contributed by atoms with E-state index >= 15 is 0 Å². The zero-order valence-electron chi connectivity index (χ0n) is 11.1. The molecule has 4 N–H and O–H groups in total. The second kappa shape index (κ2) is 6.01. The fourth-order valence-corrected chi connectivity index (χ4v) is 2.62. The van der Waals surface area contributed by atoms with E-state index in [0.29, 0.717) is 17.9 Å². The summed E-state index contributed by atoms with van der Waals surface area (Å²) in [5, 5.41) is 13.4. The standard InChI is InChI=1S/C14H19F3N2O/c15-14(16,17)10-3-4-11(12(18)7-10)13(20)6-9-2-1-5-19-8-9/h3-4,7,9,13,19-20H,1-2,5-6,8,18H2. The Balaban J connectivity index is 2.07. The van der Waals surface area contributed by atoms with Gasteiger partial charge < -0.3 is 16.2 Å². The number of benzene rings is 1. The van der Waals surface area contributed by atoms with Crippen LogP contribution in [0.15, 0.2) is 18.2 Å². The van der Waals surface area contributed by atoms with E-state index < -0.39 is 17.8 Å². The lowest BCUT2D eigenvalue weighted by Crippen LogP contribution is -2.30. The van der Waals surface area contributed by atoms with Crippen LogP contribution in [0.5, 0.6) is 0 Å². The Hall–Kier alpha value is -1.27. The van der Waals surface area contributed by atoms with Crippen LogP contribution in [0.4, 0.5) is 18.9 Å². The van der Waals surface area contributed by atoms with Gasteiger partial charge in [0.15, 0.2) is 0 Å². The molecular weight excluding hydrogens is 269 g/mol. The zero-order chi connectivity index (χ0) is 14.8. The number of halogens is 3. The number of hydrogen-bond donors (Lipinski definition) is 3. The van der Waals surface area contributed by atoms with Crippen LogP contribution in [-0.2, 0) is 6.18 Å². The van der Waals surface area contributed by atoms with Crippen LogP contribution in [0.1, 0.15) is 36.5 Å². The van der Waals surface area contributed by atoms with Gasteiger partial charge in [-0.05, 0) is 50.4 Å². The molecule has 2 rings (SSSR count). The first kappa shape index (κ1) is 15.1. The quantitative estimate of drug-likeness (QED) is 0.750. The van der Waals surface area contributed by atoms with Crippen LogP contribution in [0.25, 0.3) is 0 Å². The predicted octanol–water partition coefficient (Wildman–Crippen LogP) is 2.71. The Morgan fingerprint density at radius 3 is 2.70 bits per heavy atom. The van der Waals surface area contributed by atoms with Crippen molar-refractivity contribution in [1.82, 2.24) is 5.32 Å². The summed E-state index contributed by atoms with van der Waals surface area (Å²) in [6, 6.07) is 3.13. The molecule has 6 heteroatoms. The Bertz CT molecular complexity index is 456. The molecule has 20 heavy (non-hydrogen) atoms. The van der Waals surface area contributed by atoms with Crippen molar-refractivity contribution < 1.29 is 18.3 Å². The number of alkyl halides is 3. The molecule has 1 heterocycles. The SMILES string of the molecule is Nc1cc(C(F)(F)F)ccc1C(O)CC1CCCNC1. The van der Waals surface area contributed by atoms with Crippen molar-refractivity contribution in [1.29, 1.82) is 0 Å². The highest BCUT2D eigenvalue weighted by Gasteiger charge is 2.31. The van der Waals surface area contributed by atoms with Crippen molar-refractivity contribution in [2.24, 2.45) is 5.92 Å². The highest BCUT2D eigenvalue weighted by atomic mass is 19.4. The van der Waals surface area contributed by atoms with E-state index in [1.165, 1.54) is 6.07 Å². The number of hydrogen-bond acceptors (Lipinski definition) is 3. The number of piperidine rings is 1. The van der Waals surface area contributed by atoms with E-state index in [4.69, 9.17) is 5.73 Å². The van der Waals surface area contributed by atoms with E-state index in [1.54, 1.807) is 0 Å². The minimum Gasteiger partial charge on any atom is -0.398 e. The number of anilines is 1. The number of nitrogens with one attached hydrogen (secondary N) is 1. The normalized spacial score (nSPS) is 21.7. The summed E-state index contributed by atoms with van der Waals surface area (Å²) in [6.07, 6.45) is -2.64. The third kappa shape index (κ3) is 3.64. The monoisotopic (exact) mass is 288 g/mol. The maximum atomic E-state index is 12.5. The lowest BCUT2D eigenvalue weighted by molar-refractivity contribution is -0.137. The summed E-state index contributed by atoms with van der Waals surface area (Å²) in [5.41, 5.74) is 5.24. The molecule has 0 amide bonds. The molecule has 1 fully saturated rings. The van der Waals surface area contributed by atoms with Gasteiger partial charge in [-0.1, -0.05) is 6.07 Å². The molecule has 0 saturated carbocycles. The molecule has 1 aromatic rings. The molecule has 112 valence electrons. The van der Waals surface area contributed by atoms with E-state index in [0.717, 1.165) is 38.1 Å². The lowest BCUT2D eigenvalue weighted by Gasteiger charge is -2.25. The summed E-state index contributed by atoms with van der Waals surface area (Å²) < 4.78 is 37.6. The second-order valence-electron chi connectivity index (χ2n) is 5.31. The Morgan fingerprint density at radius 2 is 2.15 bits per heavy atom. The largest absolute Gasteiger partial charge is 0.416 e. The summed E-state index contributed by atoms with van der Waals surface area (Å²) in [7, 11) is 0. The minimum atomic E-state index is -4.41. The molecule has 1 saturated heterocycles. The lowest BCUT2D eigenvalue weighted by atomic mass is 9.90. The van der Waals surface area contributed by atoms with Gasteiger partial charge >= 0.3 is 6.18 Å². The van der Waals surface area contributed by atoms with Crippen molar-refractivity contribution in [2.75, 3.05) is 18.8 Å². The molecule has 0 radical (unpaired) electrons. The highest BCUT2D eigenvalue weighted by molar-refractivity contribution is 5.51. The number of nitrogens with two attached hydrogens (primary N) is 1. The van der Waals surface area contributed by atoms with Crippen LogP contribution < -0.4 is 11.1 Å². The molecular formula is C14H19F3N2O. The maximum absolute atomic E-state index is 12.5. The van der Waals surface area contributed by atoms with Gasteiger partial charge in [-0.25, -0.2) is 0 Å². The van der Waals surface area contributed by atoms with Gasteiger partial charge in [-0.15, -0.1) is 0 Å². The molecule has 1 aliphatic rings. The predicted molar refractivity (Wildman–Crippen MR) is 71.0 cm³/mol. The van der Waals surface area contributed by atoms with Gasteiger partial charge in [-0.3, -0.25) is 0 Å². The van der Waals surface area contributed by atoms with E-state index in [9.17, 15) is 18.3 Å². The summed E-state index contributed by atoms with van der Waals surface area (Å²) in [5.74, 6) is 0.334. The average molecular weight is 288 g/mol. The summed E-state index contributed by atoms with van der Waals surface area (Å²) in [4.78, 5) is 0. The topological polar surface area (TPSA) is 58.3 Å². The molecule has 2 atom stereocenters. The van der Waals surface area contributed by atoms with E-state index in [-0.39, 0.29) is 5.69 Å². The van der Waals surface area contributed by atoms with Crippen LogP contribution in [0, 0.1) is 5.92 Å². The van der Waals surface area contributed by atoms with Gasteiger partial charge in [0, 0.05) is 11.3 Å². The first-order chi connectivity index (χ1) is 9.38. The Labute approximate surface area is 116 Å². The van der Waals surface area contributed by atoms with E-state index in [1.807, 2.05) is 0 Å². The molecule has 0 aliphatic carbocycles. The fraction of sp³-hybridized carbons (Fsp3) is 0.571. The number of rotatable bonds is 3. The molecule has 2 unspecified atom stereocenters. The summed E-state index contributed by atoms with van der Waals surface area (Å²) in [6.45, 7) is 1.81. The Morgan fingerprint density at radius 1 is 1.40 bits per heavy atom. The highest BCUT2D eigenvalue weighted by Crippen LogP contribution is 2.34. The molecule has 0 aromatic heterocycles. The number of aliphatic hydroxyl groups excluding tert-OH is 1. The van der Waals surface area contributed by atoms with Gasteiger partial charge in [0.25, 0.3) is 0 Å². The van der Waals surface area contributed by atoms with Crippen LogP contribution in [0.2, 0.25) is 0 Å². The van der Waals surface area contributed by atoms with Crippen molar-refractivity contribution in [3.8, 4) is 0 Å². The van der Waals surface area contributed by atoms with Crippen LogP contribution >= 0.6 is 0 Å². The second-order valence-corrected chi connectivity index (χ2v) is 5.31. The molecule has 1 aliphatic heterocycles. The van der Waals surface area contributed by atoms with Gasteiger partial charge in [0.1, 0.15) is 0 Å². The first-order valence-electron chi connectivity index (χ1n) is 6.73. The van der Waals surface area contributed by atoms with Gasteiger partial charge in [0.2, 0.25) is 0 Å². The molecule has 3 nitrogen and oxygen atoms in total. The summed E-state index contributed by atoms with van der Waals surface area (Å²) >= 11 is 0. The molecule has 0 bridgehead atoms. The Kier molecular flexibility index (Phi) is 4.55. The van der Waals surface area contributed by atoms with Gasteiger partial charge in [-0.2, -0.15) is 13.2 Å². The molecule has 1 aromatic carbocycles. The minimum absolute atomic E-state index is 0.00362. The fourth-order valence-electron chi connectivity index (χ4n) is 2.62. The maximum Gasteiger partial charge on any atom is 0.416 e. The van der Waals surface area contributed by atoms with Crippen molar-refractivity contribution in [3.63, 3.8) is 0 Å². The third-order valence-electron chi connectivity index (χ3n) is 3.73. The van der Waals surface area contributed by atoms with Crippen molar-refractivity contribution in [2.45, 2.75) is 31.5 Å². The van der Waals surface area contributed by atoms with Gasteiger partial charge in [0.05, 0.1) is 11.7 Å². The zero-order valence-corrected chi connectivity index (χ0v) is 11.1. The van der Waals surface area contributed by atoms with Crippen LogP contribution in [-0.4, -0.2) is 18.2 Å². The smallest absolute Gasteiger partial charge is 0.398 e. The van der Waals surface area contributed by atoms with E-state index in [2.05, 4.69) is 5.32 Å².